The van der Waals surface area contributed by atoms with Crippen LogP contribution in [0.2, 0.25) is 5.15 Å². The molecule has 0 spiro atoms. The number of ether oxygens (including phenoxy) is 2. The molecule has 0 unspecified atom stereocenters. The molecule has 0 amide bonds. The molecule has 2 aromatic rings. The van der Waals surface area contributed by atoms with E-state index in [0.29, 0.717) is 24.2 Å². The quantitative estimate of drug-likeness (QED) is 0.722. The van der Waals surface area contributed by atoms with Gasteiger partial charge in [-0.2, -0.15) is 0 Å². The van der Waals surface area contributed by atoms with Crippen molar-refractivity contribution in [2.45, 2.75) is 26.9 Å². The van der Waals surface area contributed by atoms with Crippen molar-refractivity contribution in [3.05, 3.63) is 41.3 Å². The Hall–Kier alpha value is -1.65. The molecule has 0 saturated carbocycles. The average Bonchev–Trinajstić information content (AvgIpc) is 2.51. The third kappa shape index (κ3) is 4.69. The zero-order valence-corrected chi connectivity index (χ0v) is 13.1. The van der Waals surface area contributed by atoms with Crippen LogP contribution in [-0.2, 0) is 11.3 Å². The SMILES string of the molecule is CCCOc1ccc(-c2cc(Cl)nc(COCC)n2)cc1. The van der Waals surface area contributed by atoms with E-state index in [1.807, 2.05) is 31.2 Å². The Bertz CT molecular complexity index is 573. The second-order valence-electron chi connectivity index (χ2n) is 4.50. The summed E-state index contributed by atoms with van der Waals surface area (Å²) in [5, 5.41) is 0.418. The van der Waals surface area contributed by atoms with Crippen LogP contribution in [0.15, 0.2) is 30.3 Å². The van der Waals surface area contributed by atoms with Crippen molar-refractivity contribution in [3.63, 3.8) is 0 Å². The van der Waals surface area contributed by atoms with Gasteiger partial charge in [-0.1, -0.05) is 18.5 Å². The summed E-state index contributed by atoms with van der Waals surface area (Å²) in [6.45, 7) is 5.71. The van der Waals surface area contributed by atoms with Gasteiger partial charge in [0.2, 0.25) is 0 Å². The monoisotopic (exact) mass is 306 g/mol. The van der Waals surface area contributed by atoms with Gasteiger partial charge in [0.25, 0.3) is 0 Å². The Balaban J connectivity index is 2.18. The summed E-state index contributed by atoms with van der Waals surface area (Å²) in [4.78, 5) is 8.63. The predicted octanol–water partition coefficient (Wildman–Crippen LogP) is 4.12. The van der Waals surface area contributed by atoms with Gasteiger partial charge >= 0.3 is 0 Å². The van der Waals surface area contributed by atoms with Crippen LogP contribution in [0.1, 0.15) is 26.1 Å². The summed E-state index contributed by atoms with van der Waals surface area (Å²) in [6.07, 6.45) is 0.990. The summed E-state index contributed by atoms with van der Waals surface area (Å²) in [7, 11) is 0. The molecule has 0 aliphatic rings. The summed E-state index contributed by atoms with van der Waals surface area (Å²) in [5.74, 6) is 1.45. The Kier molecular flexibility index (Phi) is 5.96. The molecule has 0 bridgehead atoms. The lowest BCUT2D eigenvalue weighted by molar-refractivity contribution is 0.128. The van der Waals surface area contributed by atoms with E-state index in [1.165, 1.54) is 0 Å². The largest absolute Gasteiger partial charge is 0.494 e. The van der Waals surface area contributed by atoms with E-state index in [1.54, 1.807) is 6.07 Å². The molecule has 0 aliphatic heterocycles. The first-order chi connectivity index (χ1) is 10.2. The molecule has 5 heteroatoms. The zero-order chi connectivity index (χ0) is 15.1. The van der Waals surface area contributed by atoms with E-state index in [4.69, 9.17) is 21.1 Å². The second kappa shape index (κ2) is 7.96. The van der Waals surface area contributed by atoms with Gasteiger partial charge in [0.15, 0.2) is 5.82 Å². The van der Waals surface area contributed by atoms with Crippen molar-refractivity contribution in [1.82, 2.24) is 9.97 Å². The van der Waals surface area contributed by atoms with Gasteiger partial charge in [0, 0.05) is 18.2 Å². The van der Waals surface area contributed by atoms with E-state index < -0.39 is 0 Å². The lowest BCUT2D eigenvalue weighted by Gasteiger charge is -2.07. The van der Waals surface area contributed by atoms with Crippen LogP contribution in [-0.4, -0.2) is 23.2 Å². The van der Waals surface area contributed by atoms with E-state index in [0.717, 1.165) is 30.0 Å². The minimum atomic E-state index is 0.363. The van der Waals surface area contributed by atoms with Crippen molar-refractivity contribution in [3.8, 4) is 17.0 Å². The molecule has 1 aromatic heterocycles. The lowest BCUT2D eigenvalue weighted by Crippen LogP contribution is -2.00. The van der Waals surface area contributed by atoms with Gasteiger partial charge in [0.1, 0.15) is 17.5 Å². The van der Waals surface area contributed by atoms with Gasteiger partial charge in [-0.3, -0.25) is 0 Å². The minimum absolute atomic E-state index is 0.363. The van der Waals surface area contributed by atoms with Crippen molar-refractivity contribution in [2.24, 2.45) is 0 Å². The summed E-state index contributed by atoms with van der Waals surface area (Å²) in [5.41, 5.74) is 1.76. The summed E-state index contributed by atoms with van der Waals surface area (Å²) < 4.78 is 10.9. The Labute approximate surface area is 130 Å². The number of halogens is 1. The predicted molar refractivity (Wildman–Crippen MR) is 83.6 cm³/mol. The smallest absolute Gasteiger partial charge is 0.156 e. The molecule has 1 heterocycles. The summed E-state index contributed by atoms with van der Waals surface area (Å²) in [6, 6.07) is 9.55. The highest BCUT2D eigenvalue weighted by molar-refractivity contribution is 6.29. The fourth-order valence-electron chi connectivity index (χ4n) is 1.81. The molecule has 0 fully saturated rings. The Morgan fingerprint density at radius 3 is 2.52 bits per heavy atom. The summed E-state index contributed by atoms with van der Waals surface area (Å²) >= 11 is 6.05. The molecular formula is C16H19ClN2O2. The minimum Gasteiger partial charge on any atom is -0.494 e. The van der Waals surface area contributed by atoms with Crippen LogP contribution in [0.3, 0.4) is 0 Å². The van der Waals surface area contributed by atoms with Crippen molar-refractivity contribution in [2.75, 3.05) is 13.2 Å². The normalized spacial score (nSPS) is 10.6. The number of benzene rings is 1. The Morgan fingerprint density at radius 1 is 1.10 bits per heavy atom. The first-order valence-electron chi connectivity index (χ1n) is 7.07. The highest BCUT2D eigenvalue weighted by Gasteiger charge is 2.06. The van der Waals surface area contributed by atoms with Crippen molar-refractivity contribution < 1.29 is 9.47 Å². The Morgan fingerprint density at radius 2 is 1.86 bits per heavy atom. The number of rotatable bonds is 7. The zero-order valence-electron chi connectivity index (χ0n) is 12.3. The second-order valence-corrected chi connectivity index (χ2v) is 4.89. The van der Waals surface area contributed by atoms with Crippen LogP contribution in [0.5, 0.6) is 5.75 Å². The topological polar surface area (TPSA) is 44.2 Å². The number of hydrogen-bond acceptors (Lipinski definition) is 4. The maximum absolute atomic E-state index is 6.05. The van der Waals surface area contributed by atoms with Gasteiger partial charge in [0.05, 0.1) is 12.3 Å². The molecule has 0 atom stereocenters. The average molecular weight is 307 g/mol. The van der Waals surface area contributed by atoms with Gasteiger partial charge in [-0.15, -0.1) is 0 Å². The third-order valence-electron chi connectivity index (χ3n) is 2.80. The fourth-order valence-corrected chi connectivity index (χ4v) is 2.01. The van der Waals surface area contributed by atoms with E-state index >= 15 is 0 Å². The molecule has 21 heavy (non-hydrogen) atoms. The molecule has 0 radical (unpaired) electrons. The lowest BCUT2D eigenvalue weighted by atomic mass is 10.1. The van der Waals surface area contributed by atoms with E-state index in [9.17, 15) is 0 Å². The number of hydrogen-bond donors (Lipinski definition) is 0. The molecule has 4 nitrogen and oxygen atoms in total. The third-order valence-corrected chi connectivity index (χ3v) is 2.99. The van der Waals surface area contributed by atoms with Gasteiger partial charge in [-0.05, 0) is 37.6 Å². The van der Waals surface area contributed by atoms with Gasteiger partial charge < -0.3 is 9.47 Å². The molecule has 0 N–H and O–H groups in total. The molecule has 112 valence electrons. The maximum Gasteiger partial charge on any atom is 0.156 e. The van der Waals surface area contributed by atoms with E-state index in [-0.39, 0.29) is 0 Å². The van der Waals surface area contributed by atoms with Gasteiger partial charge in [-0.25, -0.2) is 9.97 Å². The molecule has 0 aliphatic carbocycles. The highest BCUT2D eigenvalue weighted by Crippen LogP contribution is 2.23. The molecule has 0 saturated heterocycles. The first-order valence-corrected chi connectivity index (χ1v) is 7.45. The van der Waals surface area contributed by atoms with Crippen LogP contribution in [0, 0.1) is 0 Å². The number of nitrogens with zero attached hydrogens (tertiary/aromatic N) is 2. The van der Waals surface area contributed by atoms with Crippen LogP contribution < -0.4 is 4.74 Å². The first kappa shape index (κ1) is 15.7. The maximum atomic E-state index is 6.05. The molecule has 2 rings (SSSR count). The van der Waals surface area contributed by atoms with Crippen molar-refractivity contribution in [1.29, 1.82) is 0 Å². The molecular weight excluding hydrogens is 288 g/mol. The fraction of sp³-hybridized carbons (Fsp3) is 0.375. The molecule has 1 aromatic carbocycles. The van der Waals surface area contributed by atoms with Crippen LogP contribution in [0.4, 0.5) is 0 Å². The standard InChI is InChI=1S/C16H19ClN2O2/c1-3-9-21-13-7-5-12(6-8-13)14-10-15(17)19-16(18-14)11-20-4-2/h5-8,10H,3-4,9,11H2,1-2H3. The van der Waals surface area contributed by atoms with E-state index in [2.05, 4.69) is 16.9 Å². The van der Waals surface area contributed by atoms with Crippen molar-refractivity contribution >= 4 is 11.6 Å². The number of aromatic nitrogens is 2. The highest BCUT2D eigenvalue weighted by atomic mass is 35.5. The van der Waals surface area contributed by atoms with Crippen LogP contribution >= 0.6 is 11.6 Å². The van der Waals surface area contributed by atoms with Crippen LogP contribution in [0.25, 0.3) is 11.3 Å².